The lowest BCUT2D eigenvalue weighted by molar-refractivity contribution is 1.66. The van der Waals surface area contributed by atoms with E-state index in [-0.39, 0.29) is 13.5 Å². The number of fused-ring (bicyclic) bond motifs is 3. The summed E-state index contributed by atoms with van der Waals surface area (Å²) in [6, 6.07) is 26.0. The second-order valence-electron chi connectivity index (χ2n) is 4.68. The van der Waals surface area contributed by atoms with Gasteiger partial charge in [0.2, 0.25) is 0 Å². The van der Waals surface area contributed by atoms with Crippen LogP contribution in [0.2, 0.25) is 0 Å². The van der Waals surface area contributed by atoms with Gasteiger partial charge in [0.15, 0.2) is 0 Å². The molecule has 4 aromatic rings. The SMILES string of the molecule is S.c1ccc(-c2ccc3sc4ccccc4c3c2)cc1. The molecule has 0 saturated carbocycles. The Bertz CT molecular complexity index is 860. The summed E-state index contributed by atoms with van der Waals surface area (Å²) in [6.07, 6.45) is 0. The molecule has 2 heteroatoms. The summed E-state index contributed by atoms with van der Waals surface area (Å²) in [4.78, 5) is 0. The molecular formula is C18H14S2. The molecule has 0 N–H and O–H groups in total. The van der Waals surface area contributed by atoms with Gasteiger partial charge in [-0.25, -0.2) is 0 Å². The van der Waals surface area contributed by atoms with Gasteiger partial charge in [-0.3, -0.25) is 0 Å². The maximum atomic E-state index is 2.31. The van der Waals surface area contributed by atoms with Gasteiger partial charge in [-0.15, -0.1) is 11.3 Å². The van der Waals surface area contributed by atoms with Crippen molar-refractivity contribution in [2.24, 2.45) is 0 Å². The van der Waals surface area contributed by atoms with Crippen molar-refractivity contribution in [3.05, 3.63) is 72.8 Å². The zero-order chi connectivity index (χ0) is 12.7. The number of thiophene rings is 1. The minimum Gasteiger partial charge on any atom is -0.197 e. The molecule has 0 amide bonds. The van der Waals surface area contributed by atoms with E-state index in [9.17, 15) is 0 Å². The predicted octanol–water partition coefficient (Wildman–Crippen LogP) is 5.83. The summed E-state index contributed by atoms with van der Waals surface area (Å²) in [5.41, 5.74) is 2.57. The van der Waals surface area contributed by atoms with Crippen LogP contribution in [-0.4, -0.2) is 0 Å². The minimum atomic E-state index is 0. The zero-order valence-electron chi connectivity index (χ0n) is 10.8. The highest BCUT2D eigenvalue weighted by Crippen LogP contribution is 2.35. The van der Waals surface area contributed by atoms with Crippen molar-refractivity contribution in [1.82, 2.24) is 0 Å². The van der Waals surface area contributed by atoms with E-state index in [2.05, 4.69) is 72.8 Å². The van der Waals surface area contributed by atoms with Crippen LogP contribution in [0.5, 0.6) is 0 Å². The molecule has 1 aromatic heterocycles. The molecule has 0 unspecified atom stereocenters. The van der Waals surface area contributed by atoms with Crippen LogP contribution >= 0.6 is 24.8 Å². The van der Waals surface area contributed by atoms with Gasteiger partial charge in [-0.1, -0.05) is 54.6 Å². The fourth-order valence-corrected chi connectivity index (χ4v) is 3.62. The van der Waals surface area contributed by atoms with Gasteiger partial charge < -0.3 is 0 Å². The van der Waals surface area contributed by atoms with Crippen molar-refractivity contribution in [1.29, 1.82) is 0 Å². The van der Waals surface area contributed by atoms with Gasteiger partial charge in [-0.2, -0.15) is 13.5 Å². The second-order valence-corrected chi connectivity index (χ2v) is 5.76. The molecule has 0 spiro atoms. The maximum Gasteiger partial charge on any atom is 0.0355 e. The highest BCUT2D eigenvalue weighted by molar-refractivity contribution is 7.59. The Kier molecular flexibility index (Phi) is 3.51. The summed E-state index contributed by atoms with van der Waals surface area (Å²) >= 11 is 1.87. The molecule has 0 atom stereocenters. The molecule has 0 bridgehead atoms. The van der Waals surface area contributed by atoms with Crippen LogP contribution in [0, 0.1) is 0 Å². The molecule has 0 nitrogen and oxygen atoms in total. The Morgan fingerprint density at radius 2 is 1.25 bits per heavy atom. The molecule has 4 rings (SSSR count). The van der Waals surface area contributed by atoms with Gasteiger partial charge in [0.1, 0.15) is 0 Å². The van der Waals surface area contributed by atoms with Crippen LogP contribution in [-0.2, 0) is 0 Å². The number of rotatable bonds is 1. The quantitative estimate of drug-likeness (QED) is 0.414. The highest BCUT2D eigenvalue weighted by Gasteiger charge is 2.05. The monoisotopic (exact) mass is 294 g/mol. The Balaban J connectivity index is 0.00000121. The standard InChI is InChI=1S/C18H12S.H2S/c1-2-6-13(7-3-1)14-10-11-18-16(12-14)15-8-4-5-9-17(15)19-18;/h1-12H;1H2. The van der Waals surface area contributed by atoms with E-state index in [4.69, 9.17) is 0 Å². The zero-order valence-corrected chi connectivity index (χ0v) is 12.7. The first kappa shape index (κ1) is 13.2. The van der Waals surface area contributed by atoms with Crippen LogP contribution in [0.1, 0.15) is 0 Å². The molecule has 3 aromatic carbocycles. The van der Waals surface area contributed by atoms with Crippen LogP contribution < -0.4 is 0 Å². The van der Waals surface area contributed by atoms with E-state index in [1.165, 1.54) is 31.3 Å². The van der Waals surface area contributed by atoms with Crippen molar-refractivity contribution >= 4 is 45.0 Å². The molecule has 0 aliphatic rings. The highest BCUT2D eigenvalue weighted by atomic mass is 32.1. The van der Waals surface area contributed by atoms with Crippen molar-refractivity contribution in [3.8, 4) is 11.1 Å². The average Bonchev–Trinajstić information content (AvgIpc) is 2.86. The van der Waals surface area contributed by atoms with Crippen LogP contribution in [0.15, 0.2) is 72.8 Å². The molecule has 0 aliphatic heterocycles. The normalized spacial score (nSPS) is 10.6. The summed E-state index contributed by atoms with van der Waals surface area (Å²) < 4.78 is 2.73. The summed E-state index contributed by atoms with van der Waals surface area (Å²) in [6.45, 7) is 0. The fraction of sp³-hybridized carbons (Fsp3) is 0. The Hall–Kier alpha value is -1.77. The van der Waals surface area contributed by atoms with Crippen molar-refractivity contribution in [2.75, 3.05) is 0 Å². The lowest BCUT2D eigenvalue weighted by Gasteiger charge is -2.01. The Labute approximate surface area is 129 Å². The third-order valence-electron chi connectivity index (χ3n) is 3.48. The lowest BCUT2D eigenvalue weighted by Crippen LogP contribution is -1.76. The smallest absolute Gasteiger partial charge is 0.0355 e. The molecule has 0 saturated heterocycles. The van der Waals surface area contributed by atoms with Crippen molar-refractivity contribution in [3.63, 3.8) is 0 Å². The molecule has 1 heterocycles. The van der Waals surface area contributed by atoms with E-state index in [1.807, 2.05) is 11.3 Å². The van der Waals surface area contributed by atoms with Gasteiger partial charge in [0.25, 0.3) is 0 Å². The molecular weight excluding hydrogens is 280 g/mol. The third kappa shape index (κ3) is 2.11. The van der Waals surface area contributed by atoms with Crippen molar-refractivity contribution in [2.45, 2.75) is 0 Å². The second kappa shape index (κ2) is 5.31. The predicted molar refractivity (Wildman–Crippen MR) is 95.1 cm³/mol. The van der Waals surface area contributed by atoms with Crippen LogP contribution in [0.4, 0.5) is 0 Å². The van der Waals surface area contributed by atoms with Crippen molar-refractivity contribution < 1.29 is 0 Å². The molecule has 0 radical (unpaired) electrons. The lowest BCUT2D eigenvalue weighted by atomic mass is 10.0. The maximum absolute atomic E-state index is 2.31. The average molecular weight is 294 g/mol. The Morgan fingerprint density at radius 1 is 0.550 bits per heavy atom. The van der Waals surface area contributed by atoms with Gasteiger partial charge in [0.05, 0.1) is 0 Å². The minimum absolute atomic E-state index is 0. The summed E-state index contributed by atoms with van der Waals surface area (Å²) in [5, 5.41) is 2.72. The number of benzene rings is 3. The van der Waals surface area contributed by atoms with Crippen LogP contribution in [0.3, 0.4) is 0 Å². The van der Waals surface area contributed by atoms with Gasteiger partial charge in [-0.05, 0) is 29.3 Å². The summed E-state index contributed by atoms with van der Waals surface area (Å²) in [5.74, 6) is 0. The van der Waals surface area contributed by atoms with E-state index in [0.717, 1.165) is 0 Å². The van der Waals surface area contributed by atoms with E-state index >= 15 is 0 Å². The third-order valence-corrected chi connectivity index (χ3v) is 4.64. The van der Waals surface area contributed by atoms with Gasteiger partial charge >= 0.3 is 0 Å². The van der Waals surface area contributed by atoms with Crippen LogP contribution in [0.25, 0.3) is 31.3 Å². The number of hydrogen-bond acceptors (Lipinski definition) is 1. The number of hydrogen-bond donors (Lipinski definition) is 0. The van der Waals surface area contributed by atoms with E-state index in [1.54, 1.807) is 0 Å². The first-order valence-electron chi connectivity index (χ1n) is 6.38. The molecule has 0 aliphatic carbocycles. The molecule has 98 valence electrons. The summed E-state index contributed by atoms with van der Waals surface area (Å²) in [7, 11) is 0. The first-order chi connectivity index (χ1) is 9.42. The fourth-order valence-electron chi connectivity index (χ4n) is 2.54. The first-order valence-corrected chi connectivity index (χ1v) is 7.20. The molecule has 20 heavy (non-hydrogen) atoms. The van der Waals surface area contributed by atoms with Gasteiger partial charge in [0, 0.05) is 20.2 Å². The molecule has 0 fully saturated rings. The largest absolute Gasteiger partial charge is 0.197 e. The van der Waals surface area contributed by atoms with E-state index in [0.29, 0.717) is 0 Å². The topological polar surface area (TPSA) is 0 Å². The Morgan fingerprint density at radius 3 is 2.10 bits per heavy atom. The van der Waals surface area contributed by atoms with E-state index < -0.39 is 0 Å².